The predicted octanol–water partition coefficient (Wildman–Crippen LogP) is 13.3. The normalized spacial score (nSPS) is 19.7. The number of nitrogens with zero attached hydrogens (tertiary/aromatic N) is 22. The lowest BCUT2D eigenvalue weighted by Gasteiger charge is -2.35. The second-order valence-electron chi connectivity index (χ2n) is 34.5. The molecule has 18 rings (SSSR count). The Bertz CT molecular complexity index is 6350. The molecule has 0 N–H and O–H groups in total. The fourth-order valence-corrected chi connectivity index (χ4v) is 20.0. The van der Waals surface area contributed by atoms with Gasteiger partial charge < -0.3 is 57.5 Å². The monoisotopic (exact) mass is 1870 g/mol. The van der Waals surface area contributed by atoms with Crippen molar-refractivity contribution in [1.82, 2.24) is 59.0 Å². The van der Waals surface area contributed by atoms with Crippen molar-refractivity contribution in [3.05, 3.63) is 162 Å². The van der Waals surface area contributed by atoms with Crippen molar-refractivity contribution in [2.75, 3.05) is 198 Å². The molecule has 8 aliphatic rings. The molecule has 130 heavy (non-hydrogen) atoms. The number of anilines is 5. The smallest absolute Gasteiger partial charge is 0.164 e. The molecular formula is C91H119FN22O11S5. The maximum Gasteiger partial charge on any atom is 0.164 e. The standard InChI is InChI=1S/C22H26N4O3S.C21H24FN3O2S.3C16H23N5O2S/c1-16-15-29-8-7-26(16)17-13-21(19-5-6-23-20-4-2-3-18(19)20)24-22(14-17)25-30(27)11-9-28-10-12-30;1-14-13-27-8-7-25(14)17-11-20(23-21(12-17)24-28(2,3)26)19-10-16(22)9-15-5-4-6-18(15)19;1-12-11-23-6-5-21(12)14-7-15(13-9-17-20(2)10-13)18-16(8-14)19-24(3,4)22;1-12-11-23-8-7-21(12)13-9-14(16-17-5-6-20(16)2)18-15(10-13)19-24(3,4)22;1-12-11-23-8-7-21(12)13-9-14(15-5-6-17-20(15)2)18-16(10-13)19-24(3,4)22/h2-3,5-6,13-14,16H,4,7-12,15H2,1H3;4,6,9-12,14H,5,7-8,13H2,1-3H3;7-10,12H,5-6,11H2,1-4H3;2*5-6,9-10,12H,7-8,11H2,1-4H3/t16-;14-;3*12-/m11111/s1. The molecule has 6 saturated heterocycles. The Balaban J connectivity index is 0.000000132. The van der Waals surface area contributed by atoms with E-state index >= 15 is 0 Å². The summed E-state index contributed by atoms with van der Waals surface area (Å²) in [6.07, 6.45) is 33.5. The summed E-state index contributed by atoms with van der Waals surface area (Å²) >= 11 is 0. The minimum absolute atomic E-state index is 0.197. The number of rotatable bonds is 15. The molecule has 0 unspecified atom stereocenters. The largest absolute Gasteiger partial charge is 0.379 e. The molecule has 0 amide bonds. The summed E-state index contributed by atoms with van der Waals surface area (Å²) in [5.41, 5.74) is 16.5. The Morgan fingerprint density at radius 2 is 0.846 bits per heavy atom. The fourth-order valence-electron chi connectivity index (χ4n) is 16.3. The summed E-state index contributed by atoms with van der Waals surface area (Å²) in [4.78, 5) is 43.4. The third-order valence-corrected chi connectivity index (χ3v) is 26.9. The number of halogens is 1. The van der Waals surface area contributed by atoms with E-state index in [1.807, 2.05) is 123 Å². The lowest BCUT2D eigenvalue weighted by Crippen LogP contribution is -2.43. The predicted molar refractivity (Wildman–Crippen MR) is 519 cm³/mol. The lowest BCUT2D eigenvalue weighted by molar-refractivity contribution is 0.0989. The third-order valence-electron chi connectivity index (χ3n) is 22.3. The quantitative estimate of drug-likeness (QED) is 0.0920. The number of ether oxygens (including phenoxy) is 6. The van der Waals surface area contributed by atoms with Crippen LogP contribution in [0.4, 0.5) is 61.9 Å². The molecule has 1 aromatic carbocycles. The molecule has 39 heteroatoms. The van der Waals surface area contributed by atoms with Crippen LogP contribution in [0.25, 0.3) is 68.8 Å². The van der Waals surface area contributed by atoms with E-state index in [0.29, 0.717) is 126 Å². The molecule has 2 aliphatic carbocycles. The zero-order valence-electron chi connectivity index (χ0n) is 76.8. The number of hydrogen-bond acceptors (Lipinski definition) is 30. The molecule has 6 aliphatic heterocycles. The van der Waals surface area contributed by atoms with E-state index in [9.17, 15) is 25.4 Å². The zero-order chi connectivity index (χ0) is 92.4. The summed E-state index contributed by atoms with van der Waals surface area (Å²) in [5, 5.41) is 8.42. The van der Waals surface area contributed by atoms with Crippen molar-refractivity contribution in [3.63, 3.8) is 0 Å². The van der Waals surface area contributed by atoms with Crippen LogP contribution in [0.15, 0.2) is 156 Å². The minimum Gasteiger partial charge on any atom is -0.379 e. The Morgan fingerprint density at radius 1 is 0.431 bits per heavy atom. The van der Waals surface area contributed by atoms with E-state index in [2.05, 4.69) is 139 Å². The average molecular weight is 1880 g/mol. The lowest BCUT2D eigenvalue weighted by atomic mass is 9.99. The van der Waals surface area contributed by atoms with Gasteiger partial charge in [-0.1, -0.05) is 24.3 Å². The first-order valence-corrected chi connectivity index (χ1v) is 54.5. The molecule has 0 bridgehead atoms. The van der Waals surface area contributed by atoms with Gasteiger partial charge in [0.1, 0.15) is 11.5 Å². The van der Waals surface area contributed by atoms with Gasteiger partial charge >= 0.3 is 0 Å². The third kappa shape index (κ3) is 25.5. The second kappa shape index (κ2) is 41.6. The van der Waals surface area contributed by atoms with Gasteiger partial charge in [0.2, 0.25) is 0 Å². The van der Waals surface area contributed by atoms with Crippen molar-refractivity contribution in [2.24, 2.45) is 43.0 Å². The zero-order valence-corrected chi connectivity index (χ0v) is 80.9. The Labute approximate surface area is 764 Å². The number of hydrogen-bond donors (Lipinski definition) is 0. The van der Waals surface area contributed by atoms with Crippen LogP contribution in [-0.2, 0) is 111 Å². The maximum absolute atomic E-state index is 14.2. The van der Waals surface area contributed by atoms with Crippen molar-refractivity contribution >= 4 is 118 Å². The second-order valence-corrected chi connectivity index (χ2v) is 47.2. The Morgan fingerprint density at radius 3 is 1.28 bits per heavy atom. The fraction of sp³-hybridized carbons (Fsp3) is 0.462. The van der Waals surface area contributed by atoms with E-state index < -0.39 is 48.6 Å². The molecule has 5 atom stereocenters. The summed E-state index contributed by atoms with van der Waals surface area (Å²) in [6, 6.07) is 27.9. The number of imidazole rings is 1. The number of morpholine rings is 5. The molecule has 696 valence electrons. The number of benzene rings is 1. The van der Waals surface area contributed by atoms with Crippen molar-refractivity contribution in [1.29, 1.82) is 0 Å². The van der Waals surface area contributed by atoms with Gasteiger partial charge in [0.25, 0.3) is 0 Å². The summed E-state index contributed by atoms with van der Waals surface area (Å²) in [6.45, 7) is 22.4. The average Bonchev–Trinajstić information content (AvgIpc) is 1.54. The maximum atomic E-state index is 14.2. The highest BCUT2D eigenvalue weighted by Gasteiger charge is 2.30. The van der Waals surface area contributed by atoms with Crippen LogP contribution >= 0.6 is 0 Å². The SMILES string of the molecule is C[C@@H]1COCCN1c1cc(N=S(C)(C)=O)nc(-c2cc(F)cc3c2C=CC3)c1.C[C@@H]1COCCN1c1cc(N=S(C)(C)=O)nc(-c2ccnn2C)c1.C[C@@H]1COCCN1c1cc(N=S(C)(C)=O)nc(-c2cnn(C)c2)c1.C[C@@H]1COCCN1c1cc(N=S(C)(C)=O)nc(-c2nccn2C)c1.C[C@@H]1COCCN1c1cc(N=S2(=O)CCOCC2)nc(-c2ccnc3c2C=CC3)c1. The van der Waals surface area contributed by atoms with Gasteiger partial charge in [0, 0.05) is 291 Å². The minimum atomic E-state index is -2.38. The van der Waals surface area contributed by atoms with Crippen LogP contribution in [0.5, 0.6) is 0 Å². The highest BCUT2D eigenvalue weighted by molar-refractivity contribution is 7.94. The van der Waals surface area contributed by atoms with E-state index in [1.54, 1.807) is 84.1 Å². The summed E-state index contributed by atoms with van der Waals surface area (Å²) in [7, 11) is -5.92. The van der Waals surface area contributed by atoms with Crippen LogP contribution in [0.3, 0.4) is 0 Å². The van der Waals surface area contributed by atoms with Gasteiger partial charge in [-0.25, -0.2) is 55.3 Å². The molecule has 6 fully saturated rings. The van der Waals surface area contributed by atoms with Gasteiger partial charge in [-0.05, 0) is 107 Å². The van der Waals surface area contributed by atoms with Crippen LogP contribution in [0.1, 0.15) is 57.0 Å². The number of allylic oxidation sites excluding steroid dienone is 2. The highest BCUT2D eigenvalue weighted by atomic mass is 32.2. The van der Waals surface area contributed by atoms with Crippen LogP contribution in [0.2, 0.25) is 0 Å². The van der Waals surface area contributed by atoms with Crippen LogP contribution in [-0.4, -0.2) is 284 Å². The Hall–Kier alpha value is -10.3. The number of fused-ring (bicyclic) bond motifs is 2. The van der Waals surface area contributed by atoms with Crippen molar-refractivity contribution in [3.8, 4) is 56.7 Å². The van der Waals surface area contributed by atoms with Crippen molar-refractivity contribution < 1.29 is 53.9 Å². The van der Waals surface area contributed by atoms with Crippen LogP contribution in [0, 0.1) is 5.82 Å². The molecule has 15 heterocycles. The van der Waals surface area contributed by atoms with E-state index in [1.165, 1.54) is 6.07 Å². The summed E-state index contributed by atoms with van der Waals surface area (Å²) in [5.74, 6) is 3.76. The number of pyridine rings is 6. The highest BCUT2D eigenvalue weighted by Crippen LogP contribution is 2.40. The van der Waals surface area contributed by atoms with Gasteiger partial charge in [0.15, 0.2) is 34.9 Å². The van der Waals surface area contributed by atoms with Gasteiger partial charge in [-0.2, -0.15) is 32.0 Å². The molecule has 9 aromatic heterocycles. The molecule has 10 aromatic rings. The first-order chi connectivity index (χ1) is 61.9. The van der Waals surface area contributed by atoms with Gasteiger partial charge in [0.05, 0.1) is 141 Å². The molecule has 0 radical (unpaired) electrons. The number of aromatic nitrogens is 12. The first-order valence-electron chi connectivity index (χ1n) is 43.3. The van der Waals surface area contributed by atoms with Crippen LogP contribution < -0.4 is 24.5 Å². The molecular weight excluding hydrogens is 1760 g/mol. The van der Waals surface area contributed by atoms with Crippen molar-refractivity contribution in [2.45, 2.75) is 77.7 Å². The topological polar surface area (TPSA) is 350 Å². The first kappa shape index (κ1) is 95.7. The molecule has 0 saturated carbocycles. The van der Waals surface area contributed by atoms with E-state index in [-0.39, 0.29) is 36.0 Å². The van der Waals surface area contributed by atoms with Gasteiger partial charge in [-0.3, -0.25) is 14.3 Å². The number of aryl methyl sites for hydroxylation is 3. The van der Waals surface area contributed by atoms with Gasteiger partial charge in [-0.15, -0.1) is 0 Å². The summed E-state index contributed by atoms with van der Waals surface area (Å²) < 4.78 is 136. The van der Waals surface area contributed by atoms with E-state index in [4.69, 9.17) is 33.4 Å². The molecule has 0 spiro atoms. The molecule has 33 nitrogen and oxygen atoms in total. The Kier molecular flexibility index (Phi) is 30.7. The van der Waals surface area contributed by atoms with E-state index in [0.717, 1.165) is 147 Å².